The van der Waals surface area contributed by atoms with E-state index in [1.807, 2.05) is 65.6 Å². The van der Waals surface area contributed by atoms with Crippen molar-refractivity contribution in [2.45, 2.75) is 6.18 Å². The van der Waals surface area contributed by atoms with E-state index in [2.05, 4.69) is 4.98 Å². The summed E-state index contributed by atoms with van der Waals surface area (Å²) in [7, 11) is 0. The minimum atomic E-state index is -4.40. The summed E-state index contributed by atoms with van der Waals surface area (Å²) in [5, 5.41) is 0. The molecule has 5 nitrogen and oxygen atoms in total. The predicted octanol–water partition coefficient (Wildman–Crippen LogP) is 5.79. The Hall–Kier alpha value is -4.20. The molecule has 182 valence electrons. The molecule has 1 fully saturated rings. The first-order chi connectivity index (χ1) is 17.4. The van der Waals surface area contributed by atoms with E-state index in [0.717, 1.165) is 23.3 Å². The van der Waals surface area contributed by atoms with Crippen molar-refractivity contribution in [2.24, 2.45) is 0 Å². The van der Waals surface area contributed by atoms with Crippen molar-refractivity contribution in [1.82, 2.24) is 14.9 Å². The van der Waals surface area contributed by atoms with Crippen molar-refractivity contribution in [2.75, 3.05) is 31.1 Å². The molecular weight excluding hydrogens is 465 g/mol. The standard InChI is InChI=1S/C28H23F3N4O/c29-28(30,31)22-12-7-13-23(18-22)34-14-16-35(17-15-34)27(36)24-19-32-26(21-10-5-2-6-11-21)33-25(24)20-8-3-1-4-9-20/h1-13,18-19H,14-17H2. The fraction of sp³-hybridized carbons (Fsp3) is 0.179. The lowest BCUT2D eigenvalue weighted by atomic mass is 10.0. The lowest BCUT2D eigenvalue weighted by Gasteiger charge is -2.36. The van der Waals surface area contributed by atoms with E-state index in [9.17, 15) is 18.0 Å². The van der Waals surface area contributed by atoms with Crippen LogP contribution in [0.1, 0.15) is 15.9 Å². The number of carbonyl (C=O) groups is 1. The molecule has 8 heteroatoms. The van der Waals surface area contributed by atoms with Crippen molar-refractivity contribution < 1.29 is 18.0 Å². The number of carbonyl (C=O) groups excluding carboxylic acids is 1. The van der Waals surface area contributed by atoms with Gasteiger partial charge in [0.05, 0.1) is 16.8 Å². The largest absolute Gasteiger partial charge is 0.416 e. The summed E-state index contributed by atoms with van der Waals surface area (Å²) in [5.74, 6) is 0.331. The van der Waals surface area contributed by atoms with Crippen LogP contribution in [0.4, 0.5) is 18.9 Å². The molecule has 0 unspecified atom stereocenters. The van der Waals surface area contributed by atoms with Crippen molar-refractivity contribution in [3.05, 3.63) is 102 Å². The molecule has 0 saturated carbocycles. The third-order valence-electron chi connectivity index (χ3n) is 6.20. The third kappa shape index (κ3) is 4.93. The molecule has 0 atom stereocenters. The molecule has 1 aliphatic heterocycles. The average molecular weight is 489 g/mol. The summed E-state index contributed by atoms with van der Waals surface area (Å²) in [6, 6.07) is 24.3. The second kappa shape index (κ2) is 9.81. The van der Waals surface area contributed by atoms with Gasteiger partial charge in [-0.2, -0.15) is 13.2 Å². The van der Waals surface area contributed by atoms with E-state index < -0.39 is 11.7 Å². The lowest BCUT2D eigenvalue weighted by Crippen LogP contribution is -2.49. The van der Waals surface area contributed by atoms with Crippen molar-refractivity contribution in [3.8, 4) is 22.6 Å². The summed E-state index contributed by atoms with van der Waals surface area (Å²) in [6.45, 7) is 1.61. The SMILES string of the molecule is O=C(c1cnc(-c2ccccc2)nc1-c1ccccc1)N1CCN(c2cccc(C(F)(F)F)c2)CC1. The normalized spacial score (nSPS) is 14.1. The second-order valence-electron chi connectivity index (χ2n) is 8.52. The number of piperazine rings is 1. The highest BCUT2D eigenvalue weighted by molar-refractivity contribution is 6.00. The topological polar surface area (TPSA) is 49.3 Å². The van der Waals surface area contributed by atoms with Crippen LogP contribution in [0.25, 0.3) is 22.6 Å². The Bertz CT molecular complexity index is 1350. The van der Waals surface area contributed by atoms with Gasteiger partial charge in [0, 0.05) is 49.2 Å². The van der Waals surface area contributed by atoms with E-state index in [4.69, 9.17) is 4.98 Å². The van der Waals surface area contributed by atoms with Crippen LogP contribution in [0.3, 0.4) is 0 Å². The molecule has 3 aromatic carbocycles. The second-order valence-corrected chi connectivity index (χ2v) is 8.52. The van der Waals surface area contributed by atoms with Crippen LogP contribution < -0.4 is 4.90 Å². The minimum Gasteiger partial charge on any atom is -0.368 e. The number of aromatic nitrogens is 2. The maximum absolute atomic E-state index is 13.5. The first-order valence-electron chi connectivity index (χ1n) is 11.6. The maximum atomic E-state index is 13.5. The lowest BCUT2D eigenvalue weighted by molar-refractivity contribution is -0.137. The first-order valence-corrected chi connectivity index (χ1v) is 11.6. The van der Waals surface area contributed by atoms with Gasteiger partial charge in [-0.05, 0) is 18.2 Å². The van der Waals surface area contributed by atoms with Gasteiger partial charge in [0.1, 0.15) is 0 Å². The molecule has 1 saturated heterocycles. The van der Waals surface area contributed by atoms with Crippen LogP contribution >= 0.6 is 0 Å². The zero-order chi connectivity index (χ0) is 25.1. The fourth-order valence-corrected chi connectivity index (χ4v) is 4.30. The summed E-state index contributed by atoms with van der Waals surface area (Å²) in [4.78, 5) is 26.3. The number of rotatable bonds is 4. The van der Waals surface area contributed by atoms with Crippen LogP contribution in [0.5, 0.6) is 0 Å². The molecule has 0 bridgehead atoms. The van der Waals surface area contributed by atoms with E-state index in [0.29, 0.717) is 48.9 Å². The number of nitrogens with zero attached hydrogens (tertiary/aromatic N) is 4. The van der Waals surface area contributed by atoms with E-state index in [-0.39, 0.29) is 5.91 Å². The van der Waals surface area contributed by atoms with Gasteiger partial charge in [-0.3, -0.25) is 4.79 Å². The summed E-state index contributed by atoms with van der Waals surface area (Å²) < 4.78 is 39.4. The number of amides is 1. The molecule has 5 rings (SSSR count). The molecule has 0 aliphatic carbocycles. The molecule has 1 amide bonds. The van der Waals surface area contributed by atoms with Crippen molar-refractivity contribution in [1.29, 1.82) is 0 Å². The number of benzene rings is 3. The molecule has 36 heavy (non-hydrogen) atoms. The van der Waals surface area contributed by atoms with Crippen LogP contribution in [-0.4, -0.2) is 47.0 Å². The number of halogens is 3. The zero-order valence-electron chi connectivity index (χ0n) is 19.3. The van der Waals surface area contributed by atoms with Crippen LogP contribution in [0, 0.1) is 0 Å². The number of hydrogen-bond donors (Lipinski definition) is 0. The Morgan fingerprint density at radius 1 is 0.778 bits per heavy atom. The third-order valence-corrected chi connectivity index (χ3v) is 6.20. The van der Waals surface area contributed by atoms with Crippen molar-refractivity contribution >= 4 is 11.6 Å². The van der Waals surface area contributed by atoms with Gasteiger partial charge in [0.2, 0.25) is 0 Å². The van der Waals surface area contributed by atoms with Gasteiger partial charge in [0.25, 0.3) is 5.91 Å². The highest BCUT2D eigenvalue weighted by Gasteiger charge is 2.31. The molecule has 0 spiro atoms. The summed E-state index contributed by atoms with van der Waals surface area (Å²) in [5.41, 5.74) is 2.42. The van der Waals surface area contributed by atoms with Crippen LogP contribution in [0.2, 0.25) is 0 Å². The van der Waals surface area contributed by atoms with Gasteiger partial charge in [0.15, 0.2) is 5.82 Å². The molecule has 2 heterocycles. The van der Waals surface area contributed by atoms with E-state index in [1.165, 1.54) is 6.07 Å². The smallest absolute Gasteiger partial charge is 0.368 e. The summed E-state index contributed by atoms with van der Waals surface area (Å²) >= 11 is 0. The molecule has 0 radical (unpaired) electrons. The van der Waals surface area contributed by atoms with Gasteiger partial charge in [-0.1, -0.05) is 66.7 Å². The van der Waals surface area contributed by atoms with E-state index in [1.54, 1.807) is 17.2 Å². The molecule has 1 aromatic heterocycles. The zero-order valence-corrected chi connectivity index (χ0v) is 19.3. The minimum absolute atomic E-state index is 0.197. The number of alkyl halides is 3. The highest BCUT2D eigenvalue weighted by atomic mass is 19.4. The maximum Gasteiger partial charge on any atom is 0.416 e. The Labute approximate surface area is 206 Å². The van der Waals surface area contributed by atoms with Gasteiger partial charge in [-0.25, -0.2) is 9.97 Å². The fourth-order valence-electron chi connectivity index (χ4n) is 4.30. The molecule has 4 aromatic rings. The first kappa shape index (κ1) is 23.5. The molecule has 0 N–H and O–H groups in total. The number of anilines is 1. The van der Waals surface area contributed by atoms with Crippen LogP contribution in [-0.2, 0) is 6.18 Å². The quantitative estimate of drug-likeness (QED) is 0.365. The summed E-state index contributed by atoms with van der Waals surface area (Å²) in [6.07, 6.45) is -2.83. The van der Waals surface area contributed by atoms with Crippen molar-refractivity contribution in [3.63, 3.8) is 0 Å². The van der Waals surface area contributed by atoms with Crippen LogP contribution in [0.15, 0.2) is 91.1 Å². The van der Waals surface area contributed by atoms with E-state index >= 15 is 0 Å². The predicted molar refractivity (Wildman–Crippen MR) is 132 cm³/mol. The Morgan fingerprint density at radius 2 is 1.42 bits per heavy atom. The van der Waals surface area contributed by atoms with Gasteiger partial charge in [-0.15, -0.1) is 0 Å². The Kier molecular flexibility index (Phi) is 6.41. The molecule has 1 aliphatic rings. The number of hydrogen-bond acceptors (Lipinski definition) is 4. The Balaban J connectivity index is 1.39. The monoisotopic (exact) mass is 488 g/mol. The highest BCUT2D eigenvalue weighted by Crippen LogP contribution is 2.32. The molecular formula is C28H23F3N4O. The Morgan fingerprint density at radius 3 is 2.06 bits per heavy atom. The van der Waals surface area contributed by atoms with Gasteiger partial charge < -0.3 is 9.80 Å². The average Bonchev–Trinajstić information content (AvgIpc) is 2.93. The van der Waals surface area contributed by atoms with Gasteiger partial charge >= 0.3 is 6.18 Å².